The lowest BCUT2D eigenvalue weighted by atomic mass is 10.1. The Kier molecular flexibility index (Phi) is 4.06. The molecule has 1 aromatic rings. The topological polar surface area (TPSA) is 90.2 Å². The Morgan fingerprint density at radius 3 is 2.47 bits per heavy atom. The van der Waals surface area contributed by atoms with Crippen molar-refractivity contribution in [2.45, 2.75) is 26.3 Å². The average Bonchev–Trinajstić information content (AvgIpc) is 2.52. The van der Waals surface area contributed by atoms with Gasteiger partial charge in [-0.2, -0.15) is 5.10 Å². The molecule has 0 amide bonds. The first kappa shape index (κ1) is 13.4. The summed E-state index contributed by atoms with van der Waals surface area (Å²) in [6.45, 7) is 5.02. The van der Waals surface area contributed by atoms with Crippen molar-refractivity contribution in [3.63, 3.8) is 0 Å². The minimum absolute atomic E-state index is 0.0155. The van der Waals surface area contributed by atoms with Crippen LogP contribution in [0.1, 0.15) is 25.5 Å². The van der Waals surface area contributed by atoms with Crippen LogP contribution in [0.5, 0.6) is 0 Å². The number of likely N-dealkylation sites (N-methyl/N-ethyl adjacent to an activating group) is 1. The molecular formula is C10H19N5O2. The molecule has 1 aromatic heterocycles. The summed E-state index contributed by atoms with van der Waals surface area (Å²) in [4.78, 5) is 12.5. The first-order chi connectivity index (χ1) is 7.84. The summed E-state index contributed by atoms with van der Waals surface area (Å²) in [6, 6.07) is 0. The van der Waals surface area contributed by atoms with Gasteiger partial charge in [0.25, 0.3) is 0 Å². The number of anilines is 1. The molecule has 1 rings (SSSR count). The van der Waals surface area contributed by atoms with Crippen LogP contribution in [0.4, 0.5) is 11.5 Å². The number of hydrogen-bond donors (Lipinski definition) is 1. The molecule has 0 fully saturated rings. The lowest BCUT2D eigenvalue weighted by Gasteiger charge is -2.09. The fourth-order valence-corrected chi connectivity index (χ4v) is 1.53. The van der Waals surface area contributed by atoms with Crippen molar-refractivity contribution in [1.82, 2.24) is 14.7 Å². The van der Waals surface area contributed by atoms with Gasteiger partial charge in [0, 0.05) is 12.5 Å². The quantitative estimate of drug-likeness (QED) is 0.615. The van der Waals surface area contributed by atoms with Crippen LogP contribution in [0.2, 0.25) is 0 Å². The fourth-order valence-electron chi connectivity index (χ4n) is 1.53. The van der Waals surface area contributed by atoms with E-state index in [9.17, 15) is 10.1 Å². The molecule has 7 nitrogen and oxygen atoms in total. The van der Waals surface area contributed by atoms with Gasteiger partial charge in [0.2, 0.25) is 5.82 Å². The molecule has 0 aromatic carbocycles. The van der Waals surface area contributed by atoms with Crippen molar-refractivity contribution in [3.05, 3.63) is 15.8 Å². The largest absolute Gasteiger partial charge is 0.378 e. The first-order valence-corrected chi connectivity index (χ1v) is 5.49. The highest BCUT2D eigenvalue weighted by atomic mass is 16.6. The van der Waals surface area contributed by atoms with E-state index < -0.39 is 4.92 Å². The van der Waals surface area contributed by atoms with Gasteiger partial charge in [-0.1, -0.05) is 13.8 Å². The molecule has 2 N–H and O–H groups in total. The highest BCUT2D eigenvalue weighted by molar-refractivity contribution is 5.57. The maximum Gasteiger partial charge on any atom is 0.334 e. The highest BCUT2D eigenvalue weighted by Gasteiger charge is 2.27. The lowest BCUT2D eigenvalue weighted by molar-refractivity contribution is -0.384. The molecule has 0 saturated carbocycles. The van der Waals surface area contributed by atoms with Gasteiger partial charge in [0.05, 0.1) is 11.5 Å². The molecule has 0 aliphatic carbocycles. The molecule has 0 aliphatic rings. The number of rotatable bonds is 5. The Bertz CT molecular complexity index is 411. The summed E-state index contributed by atoms with van der Waals surface area (Å²) in [5, 5.41) is 15.2. The Hall–Kier alpha value is -1.63. The summed E-state index contributed by atoms with van der Waals surface area (Å²) in [5.41, 5.74) is 6.16. The smallest absolute Gasteiger partial charge is 0.334 e. The maximum absolute atomic E-state index is 11.0. The van der Waals surface area contributed by atoms with E-state index in [0.29, 0.717) is 12.2 Å². The van der Waals surface area contributed by atoms with Crippen LogP contribution in [0.3, 0.4) is 0 Å². The summed E-state index contributed by atoms with van der Waals surface area (Å²) in [7, 11) is 3.86. The Morgan fingerprint density at radius 2 is 2.12 bits per heavy atom. The van der Waals surface area contributed by atoms with Crippen LogP contribution < -0.4 is 5.73 Å². The van der Waals surface area contributed by atoms with E-state index in [0.717, 1.165) is 6.54 Å². The minimum Gasteiger partial charge on any atom is -0.378 e. The van der Waals surface area contributed by atoms with Gasteiger partial charge in [-0.3, -0.25) is 10.1 Å². The van der Waals surface area contributed by atoms with Crippen molar-refractivity contribution < 1.29 is 4.92 Å². The zero-order valence-corrected chi connectivity index (χ0v) is 10.7. The number of nitrogens with zero attached hydrogens (tertiary/aromatic N) is 4. The molecule has 0 radical (unpaired) electrons. The fraction of sp³-hybridized carbons (Fsp3) is 0.700. The van der Waals surface area contributed by atoms with Crippen LogP contribution in [-0.4, -0.2) is 40.2 Å². The van der Waals surface area contributed by atoms with E-state index in [-0.39, 0.29) is 17.4 Å². The molecule has 0 unspecified atom stereocenters. The number of aromatic nitrogens is 2. The molecule has 0 atom stereocenters. The average molecular weight is 241 g/mol. The minimum atomic E-state index is -0.455. The summed E-state index contributed by atoms with van der Waals surface area (Å²) < 4.78 is 1.51. The van der Waals surface area contributed by atoms with Gasteiger partial charge in [-0.25, -0.2) is 4.68 Å². The first-order valence-electron chi connectivity index (χ1n) is 5.49. The number of nitro groups is 1. The SMILES string of the molecule is CC(C)c1nn(CCN(C)C)c(N)c1[N+](=O)[O-]. The van der Waals surface area contributed by atoms with Crippen LogP contribution in [0.15, 0.2) is 0 Å². The van der Waals surface area contributed by atoms with Crippen molar-refractivity contribution in [3.8, 4) is 0 Å². The predicted octanol–water partition coefficient (Wildman–Crippen LogP) is 1.06. The standard InChI is InChI=1S/C10H19N5O2/c1-7(2)8-9(15(16)17)10(11)14(12-8)6-5-13(3)4/h7H,5-6,11H2,1-4H3. The molecule has 0 bridgehead atoms. The van der Waals surface area contributed by atoms with Crippen LogP contribution in [0, 0.1) is 10.1 Å². The van der Waals surface area contributed by atoms with Crippen molar-refractivity contribution in [1.29, 1.82) is 0 Å². The molecule has 0 saturated heterocycles. The summed E-state index contributed by atoms with van der Waals surface area (Å²) in [5.74, 6) is 0.124. The van der Waals surface area contributed by atoms with Gasteiger partial charge in [-0.05, 0) is 14.1 Å². The third kappa shape index (κ3) is 2.94. The van der Waals surface area contributed by atoms with E-state index in [1.807, 2.05) is 32.8 Å². The monoisotopic (exact) mass is 241 g/mol. The van der Waals surface area contributed by atoms with Gasteiger partial charge < -0.3 is 10.6 Å². The van der Waals surface area contributed by atoms with Crippen molar-refractivity contribution in [2.75, 3.05) is 26.4 Å². The number of nitrogen functional groups attached to an aromatic ring is 1. The Morgan fingerprint density at radius 1 is 1.53 bits per heavy atom. The molecule has 0 spiro atoms. The molecule has 7 heteroatoms. The highest BCUT2D eigenvalue weighted by Crippen LogP contribution is 2.30. The molecule has 0 aliphatic heterocycles. The van der Waals surface area contributed by atoms with Gasteiger partial charge in [0.15, 0.2) is 0 Å². The maximum atomic E-state index is 11.0. The van der Waals surface area contributed by atoms with Crippen LogP contribution in [-0.2, 0) is 6.54 Å². The van der Waals surface area contributed by atoms with Gasteiger partial charge in [0.1, 0.15) is 5.69 Å². The van der Waals surface area contributed by atoms with Gasteiger partial charge >= 0.3 is 5.69 Å². The second kappa shape index (κ2) is 5.13. The van der Waals surface area contributed by atoms with Gasteiger partial charge in [-0.15, -0.1) is 0 Å². The zero-order valence-electron chi connectivity index (χ0n) is 10.7. The lowest BCUT2D eigenvalue weighted by Crippen LogP contribution is -2.20. The zero-order chi connectivity index (χ0) is 13.2. The summed E-state index contributed by atoms with van der Waals surface area (Å²) >= 11 is 0. The van der Waals surface area contributed by atoms with Crippen LogP contribution >= 0.6 is 0 Å². The van der Waals surface area contributed by atoms with E-state index in [1.54, 1.807) is 0 Å². The molecule has 96 valence electrons. The van der Waals surface area contributed by atoms with E-state index in [4.69, 9.17) is 5.73 Å². The van der Waals surface area contributed by atoms with E-state index in [1.165, 1.54) is 4.68 Å². The second-order valence-electron chi connectivity index (χ2n) is 4.56. The normalized spacial score (nSPS) is 11.4. The third-order valence-electron chi connectivity index (χ3n) is 2.48. The second-order valence-corrected chi connectivity index (χ2v) is 4.56. The molecular weight excluding hydrogens is 222 g/mol. The Labute approximate surface area is 100 Å². The van der Waals surface area contributed by atoms with Crippen LogP contribution in [0.25, 0.3) is 0 Å². The molecule has 17 heavy (non-hydrogen) atoms. The van der Waals surface area contributed by atoms with Crippen molar-refractivity contribution in [2.24, 2.45) is 0 Å². The van der Waals surface area contributed by atoms with E-state index in [2.05, 4.69) is 5.10 Å². The predicted molar refractivity (Wildman–Crippen MR) is 65.9 cm³/mol. The number of nitrogens with two attached hydrogens (primary N) is 1. The molecule has 1 heterocycles. The van der Waals surface area contributed by atoms with Crippen molar-refractivity contribution >= 4 is 11.5 Å². The Balaban J connectivity index is 3.08. The number of hydrogen-bond acceptors (Lipinski definition) is 5. The van der Waals surface area contributed by atoms with E-state index >= 15 is 0 Å². The summed E-state index contributed by atoms with van der Waals surface area (Å²) in [6.07, 6.45) is 0. The third-order valence-corrected chi connectivity index (χ3v) is 2.48.